The summed E-state index contributed by atoms with van der Waals surface area (Å²) >= 11 is 0. The van der Waals surface area contributed by atoms with E-state index in [0.29, 0.717) is 11.7 Å². The Kier molecular flexibility index (Phi) is 7.01. The Morgan fingerprint density at radius 3 is 2.52 bits per heavy atom. The first-order valence-corrected chi connectivity index (χ1v) is 10.8. The number of imidazole rings is 1. The molecule has 0 radical (unpaired) electrons. The first-order chi connectivity index (χ1) is 14.7. The highest BCUT2D eigenvalue weighted by molar-refractivity contribution is 5.84. The fraction of sp³-hybridized carbons (Fsp3) is 0.440. The molecule has 2 aromatic carbocycles. The molecule has 3 aromatic rings. The Morgan fingerprint density at radius 2 is 1.87 bits per heavy atom. The molecule has 0 amide bonds. The molecule has 6 nitrogen and oxygen atoms in total. The van der Waals surface area contributed by atoms with Gasteiger partial charge in [0.2, 0.25) is 0 Å². The third-order valence-corrected chi connectivity index (χ3v) is 5.52. The summed E-state index contributed by atoms with van der Waals surface area (Å²) < 4.78 is 7.91. The molecule has 0 saturated carbocycles. The van der Waals surface area contributed by atoms with E-state index in [4.69, 9.17) is 4.74 Å². The molecule has 0 aliphatic rings. The smallest absolute Gasteiger partial charge is 0.312 e. The number of nitrogens with zero attached hydrogens (tertiary/aromatic N) is 2. The van der Waals surface area contributed by atoms with Crippen LogP contribution in [0.15, 0.2) is 55.1 Å². The zero-order chi connectivity index (χ0) is 22.6. The number of aliphatic carboxylic acids is 1. The molecule has 3 rings (SSSR count). The first kappa shape index (κ1) is 22.8. The maximum atomic E-state index is 11.3. The summed E-state index contributed by atoms with van der Waals surface area (Å²) in [5.74, 6) is 0.378. The molecule has 2 unspecified atom stereocenters. The lowest BCUT2D eigenvalue weighted by Crippen LogP contribution is -2.37. The summed E-state index contributed by atoms with van der Waals surface area (Å²) in [6, 6.07) is 12.7. The van der Waals surface area contributed by atoms with E-state index in [2.05, 4.69) is 53.8 Å². The fourth-order valence-electron chi connectivity index (χ4n) is 3.53. The lowest BCUT2D eigenvalue weighted by atomic mass is 9.95. The van der Waals surface area contributed by atoms with E-state index in [1.165, 1.54) is 5.56 Å². The van der Waals surface area contributed by atoms with Crippen molar-refractivity contribution in [2.24, 2.45) is 11.3 Å². The molecule has 0 aliphatic heterocycles. The molecule has 1 heterocycles. The summed E-state index contributed by atoms with van der Waals surface area (Å²) in [4.78, 5) is 15.6. The van der Waals surface area contributed by atoms with Gasteiger partial charge in [-0.1, -0.05) is 32.0 Å². The molecule has 0 bridgehead atoms. The van der Waals surface area contributed by atoms with Gasteiger partial charge < -0.3 is 19.7 Å². The second-order valence-corrected chi connectivity index (χ2v) is 9.29. The lowest BCUT2D eigenvalue weighted by Gasteiger charge is -2.28. The van der Waals surface area contributed by atoms with Gasteiger partial charge in [-0.25, -0.2) is 4.98 Å². The van der Waals surface area contributed by atoms with Crippen molar-refractivity contribution in [3.63, 3.8) is 0 Å². The molecule has 6 heteroatoms. The molecule has 0 fully saturated rings. The number of rotatable bonds is 10. The minimum atomic E-state index is -0.935. The van der Waals surface area contributed by atoms with Crippen LogP contribution in [0.5, 0.6) is 5.75 Å². The number of aromatic nitrogens is 2. The predicted octanol–water partition coefficient (Wildman–Crippen LogP) is 4.75. The van der Waals surface area contributed by atoms with Gasteiger partial charge in [-0.3, -0.25) is 4.79 Å². The Balaban J connectivity index is 1.85. The number of carbonyl (C=O) groups is 1. The van der Waals surface area contributed by atoms with Gasteiger partial charge >= 0.3 is 5.97 Å². The van der Waals surface area contributed by atoms with Crippen LogP contribution in [0.25, 0.3) is 10.8 Å². The van der Waals surface area contributed by atoms with Crippen molar-refractivity contribution >= 4 is 16.7 Å². The topological polar surface area (TPSA) is 76.4 Å². The Labute approximate surface area is 184 Å². The lowest BCUT2D eigenvalue weighted by molar-refractivity contribution is -0.148. The van der Waals surface area contributed by atoms with Crippen molar-refractivity contribution < 1.29 is 14.6 Å². The van der Waals surface area contributed by atoms with Crippen LogP contribution in [0.1, 0.15) is 46.2 Å². The van der Waals surface area contributed by atoms with Crippen LogP contribution >= 0.6 is 0 Å². The van der Waals surface area contributed by atoms with E-state index in [-0.39, 0.29) is 18.7 Å². The summed E-state index contributed by atoms with van der Waals surface area (Å²) in [5, 5.41) is 15.1. The zero-order valence-corrected chi connectivity index (χ0v) is 19.0. The van der Waals surface area contributed by atoms with Crippen molar-refractivity contribution in [2.75, 3.05) is 13.2 Å². The van der Waals surface area contributed by atoms with Crippen molar-refractivity contribution in [3.05, 3.63) is 60.7 Å². The molecule has 0 saturated heterocycles. The number of fused-ring (bicyclic) bond motifs is 1. The fourth-order valence-corrected chi connectivity index (χ4v) is 3.53. The van der Waals surface area contributed by atoms with Crippen LogP contribution < -0.4 is 10.1 Å². The number of ether oxygens (including phenoxy) is 1. The first-order valence-electron chi connectivity index (χ1n) is 10.8. The molecule has 0 aliphatic carbocycles. The molecule has 31 heavy (non-hydrogen) atoms. The van der Waals surface area contributed by atoms with E-state index in [0.717, 1.165) is 17.3 Å². The van der Waals surface area contributed by atoms with E-state index in [9.17, 15) is 9.90 Å². The van der Waals surface area contributed by atoms with Crippen molar-refractivity contribution in [2.45, 2.75) is 46.7 Å². The quantitative estimate of drug-likeness (QED) is 0.492. The predicted molar refractivity (Wildman–Crippen MR) is 124 cm³/mol. The number of hydrogen-bond donors (Lipinski definition) is 2. The Morgan fingerprint density at radius 1 is 1.16 bits per heavy atom. The average molecular weight is 424 g/mol. The second kappa shape index (κ2) is 9.52. The largest absolute Gasteiger partial charge is 0.492 e. The van der Waals surface area contributed by atoms with Gasteiger partial charge in [0.05, 0.1) is 17.8 Å². The van der Waals surface area contributed by atoms with Crippen LogP contribution in [0.4, 0.5) is 0 Å². The van der Waals surface area contributed by atoms with Gasteiger partial charge in [0.1, 0.15) is 12.4 Å². The van der Waals surface area contributed by atoms with E-state index >= 15 is 0 Å². The van der Waals surface area contributed by atoms with Crippen LogP contribution in [0.2, 0.25) is 0 Å². The number of nitrogens with one attached hydrogen (secondary N) is 1. The minimum absolute atomic E-state index is 0.119. The summed E-state index contributed by atoms with van der Waals surface area (Å²) in [5.41, 5.74) is 0.269. The zero-order valence-electron chi connectivity index (χ0n) is 19.0. The maximum absolute atomic E-state index is 11.3. The molecular formula is C25H33N3O3. The van der Waals surface area contributed by atoms with E-state index in [1.807, 2.05) is 36.9 Å². The van der Waals surface area contributed by atoms with Crippen LogP contribution in [0.3, 0.4) is 0 Å². The third kappa shape index (κ3) is 5.64. The van der Waals surface area contributed by atoms with Crippen LogP contribution in [0, 0.1) is 11.3 Å². The molecule has 166 valence electrons. The van der Waals surface area contributed by atoms with E-state index < -0.39 is 11.4 Å². The molecule has 2 atom stereocenters. The monoisotopic (exact) mass is 423 g/mol. The second-order valence-electron chi connectivity index (χ2n) is 9.29. The Hall–Kier alpha value is -2.86. The minimum Gasteiger partial charge on any atom is -0.492 e. The van der Waals surface area contributed by atoms with Gasteiger partial charge in [-0.05, 0) is 67.8 Å². The number of carboxylic acids is 1. The maximum Gasteiger partial charge on any atom is 0.312 e. The highest BCUT2D eigenvalue weighted by Gasteiger charge is 2.28. The molecular weight excluding hydrogens is 390 g/mol. The average Bonchev–Trinajstić information content (AvgIpc) is 3.25. The van der Waals surface area contributed by atoms with E-state index in [1.54, 1.807) is 13.8 Å². The standard InChI is InChI=1S/C25H33N3O3/c1-17(2)14-27-18(3)23(28-11-10-26-16-28)21-7-6-20-13-22(9-8-19(20)12-21)31-15-25(4,5)24(29)30/h6-13,16-18,23,27H,14-15H2,1-5H3,(H,29,30). The molecule has 1 aromatic heterocycles. The van der Waals surface area contributed by atoms with Gasteiger partial charge in [0, 0.05) is 18.4 Å². The van der Waals surface area contributed by atoms with Gasteiger partial charge in [-0.15, -0.1) is 0 Å². The van der Waals surface area contributed by atoms with Gasteiger partial charge in [-0.2, -0.15) is 0 Å². The van der Waals surface area contributed by atoms with Gasteiger partial charge in [0.25, 0.3) is 0 Å². The van der Waals surface area contributed by atoms with Crippen LogP contribution in [-0.2, 0) is 4.79 Å². The summed E-state index contributed by atoms with van der Waals surface area (Å²) in [6.07, 6.45) is 5.68. The molecule has 2 N–H and O–H groups in total. The molecule has 0 spiro atoms. The Bertz CT molecular complexity index is 1010. The number of hydrogen-bond acceptors (Lipinski definition) is 4. The van der Waals surface area contributed by atoms with Gasteiger partial charge in [0.15, 0.2) is 0 Å². The van der Waals surface area contributed by atoms with Crippen LogP contribution in [-0.4, -0.2) is 39.8 Å². The number of benzene rings is 2. The van der Waals surface area contributed by atoms with Crippen molar-refractivity contribution in [1.82, 2.24) is 14.9 Å². The number of carboxylic acid groups (broad SMARTS) is 1. The summed E-state index contributed by atoms with van der Waals surface area (Å²) in [7, 11) is 0. The van der Waals surface area contributed by atoms with Crippen molar-refractivity contribution in [1.29, 1.82) is 0 Å². The normalized spacial score (nSPS) is 14.0. The van der Waals surface area contributed by atoms with Crippen molar-refractivity contribution in [3.8, 4) is 5.75 Å². The highest BCUT2D eigenvalue weighted by Crippen LogP contribution is 2.29. The highest BCUT2D eigenvalue weighted by atomic mass is 16.5. The SMILES string of the molecule is CC(C)CNC(C)C(c1ccc2cc(OCC(C)(C)C(=O)O)ccc2c1)n1ccnc1. The third-order valence-electron chi connectivity index (χ3n) is 5.52. The summed E-state index contributed by atoms with van der Waals surface area (Å²) in [6.45, 7) is 11.0.